The average Bonchev–Trinajstić information content (AvgIpc) is 3.79. The number of nitrogens with zero attached hydrogens (tertiary/aromatic N) is 4. The topological polar surface area (TPSA) is 99.8 Å². The molecule has 1 saturated heterocycles. The van der Waals surface area contributed by atoms with Crippen LogP contribution in [-0.4, -0.2) is 75.7 Å². The number of nitrogens with one attached hydrogen (secondary N) is 1. The summed E-state index contributed by atoms with van der Waals surface area (Å²) in [6.45, 7) is 7.88. The molecule has 3 heterocycles. The molecule has 1 aliphatic heterocycles. The lowest BCUT2D eigenvalue weighted by Crippen LogP contribution is -2.63. The minimum absolute atomic E-state index is 0.312. The number of alkyl carbamates (subject to hydrolysis) is 1. The van der Waals surface area contributed by atoms with Gasteiger partial charge in [-0.2, -0.15) is 4.37 Å². The van der Waals surface area contributed by atoms with Gasteiger partial charge in [0.25, 0.3) is 0 Å². The van der Waals surface area contributed by atoms with Gasteiger partial charge in [0.1, 0.15) is 0 Å². The van der Waals surface area contributed by atoms with Gasteiger partial charge in [-0.25, -0.2) is 4.79 Å². The van der Waals surface area contributed by atoms with Crippen LogP contribution in [0.1, 0.15) is 74.8 Å². The molecule has 3 fully saturated rings. The molecule has 2 aromatic heterocycles. The Morgan fingerprint density at radius 2 is 1.74 bits per heavy atom. The van der Waals surface area contributed by atoms with Crippen molar-refractivity contribution in [2.45, 2.75) is 70.3 Å². The predicted molar refractivity (Wildman–Crippen MR) is 164 cm³/mol. The lowest BCUT2D eigenvalue weighted by molar-refractivity contribution is -0.947. The first-order valence-electron chi connectivity index (χ1n) is 16.0. The Morgan fingerprint density at radius 3 is 2.45 bits per heavy atom. The van der Waals surface area contributed by atoms with Crippen LogP contribution in [0, 0.1) is 11.8 Å². The molecule has 4 unspecified atom stereocenters. The van der Waals surface area contributed by atoms with Gasteiger partial charge in [-0.05, 0) is 80.4 Å². The lowest BCUT2D eigenvalue weighted by atomic mass is 9.78. The number of aromatic hydroxyl groups is 2. The zero-order valence-corrected chi connectivity index (χ0v) is 25.4. The minimum Gasteiger partial charge on any atom is -0.494 e. The van der Waals surface area contributed by atoms with Crippen LogP contribution in [0.5, 0.6) is 11.8 Å². The SMILES string of the molecule is CCNC(=O)OC[N+]1(CC2CCCCC2Cn2c(O)c3c(c2O)C2CCC3C2)CCN(c2nsc3ccccc23)CC1. The van der Waals surface area contributed by atoms with E-state index < -0.39 is 0 Å². The summed E-state index contributed by atoms with van der Waals surface area (Å²) in [6, 6.07) is 8.42. The second-order valence-electron chi connectivity index (χ2n) is 13.1. The summed E-state index contributed by atoms with van der Waals surface area (Å²) in [5.74, 6) is 3.29. The molecule has 3 aromatic rings. The van der Waals surface area contributed by atoms with Gasteiger partial charge in [0.05, 0.1) is 37.4 Å². The van der Waals surface area contributed by atoms with Gasteiger partial charge in [0, 0.05) is 35.5 Å². The third kappa shape index (κ3) is 4.90. The van der Waals surface area contributed by atoms with Gasteiger partial charge in [0.15, 0.2) is 17.6 Å². The van der Waals surface area contributed by atoms with E-state index in [-0.39, 0.29) is 6.09 Å². The number of benzene rings is 1. The molecule has 10 heteroatoms. The molecule has 0 radical (unpaired) electrons. The summed E-state index contributed by atoms with van der Waals surface area (Å²) in [4.78, 5) is 14.8. The number of hydrogen-bond donors (Lipinski definition) is 3. The second-order valence-corrected chi connectivity index (χ2v) is 14.0. The molecule has 1 aromatic carbocycles. The highest BCUT2D eigenvalue weighted by Crippen LogP contribution is 2.60. The first kappa shape index (κ1) is 27.8. The van der Waals surface area contributed by atoms with Crippen LogP contribution < -0.4 is 10.2 Å². The van der Waals surface area contributed by atoms with E-state index in [0.29, 0.717) is 55.3 Å². The van der Waals surface area contributed by atoms with E-state index in [1.54, 1.807) is 11.5 Å². The Hall–Kier alpha value is -2.98. The quantitative estimate of drug-likeness (QED) is 0.289. The van der Waals surface area contributed by atoms with Crippen LogP contribution in [0.3, 0.4) is 0 Å². The van der Waals surface area contributed by atoms with Crippen molar-refractivity contribution in [3.05, 3.63) is 35.4 Å². The van der Waals surface area contributed by atoms with E-state index in [9.17, 15) is 15.0 Å². The molecule has 2 bridgehead atoms. The summed E-state index contributed by atoms with van der Waals surface area (Å²) in [7, 11) is 0. The van der Waals surface area contributed by atoms with Crippen LogP contribution in [0.2, 0.25) is 0 Å². The maximum absolute atomic E-state index is 12.4. The number of piperazine rings is 1. The Labute approximate surface area is 251 Å². The number of carbonyl (C=O) groups excluding carboxylic acids is 1. The number of carbonyl (C=O) groups is 1. The first-order valence-corrected chi connectivity index (χ1v) is 16.7. The van der Waals surface area contributed by atoms with Crippen LogP contribution >= 0.6 is 11.5 Å². The molecule has 4 aliphatic rings. The predicted octanol–water partition coefficient (Wildman–Crippen LogP) is 5.72. The molecule has 9 nitrogen and oxygen atoms in total. The van der Waals surface area contributed by atoms with Crippen LogP contribution in [0.4, 0.5) is 10.6 Å². The smallest absolute Gasteiger partial charge is 0.411 e. The molecule has 1 amide bonds. The zero-order chi connectivity index (χ0) is 28.8. The number of aromatic nitrogens is 2. The summed E-state index contributed by atoms with van der Waals surface area (Å²) in [5.41, 5.74) is 2.06. The van der Waals surface area contributed by atoms with Gasteiger partial charge in [0.2, 0.25) is 6.73 Å². The first-order chi connectivity index (χ1) is 20.5. The standard InChI is InChI=1S/C32H43N5O4S/c1-2-33-32(40)41-20-37(15-13-35(14-16-37)29-25-9-5-6-10-26(25)42-34-29)19-24-8-4-3-7-23(24)18-36-30(38)27-21-11-12-22(17-21)28(27)31(36)39/h5-6,9-10,21-24H,2-4,7-8,11-20H2,1H3,(H2-,33,38,39,40)/p+1. The lowest BCUT2D eigenvalue weighted by Gasteiger charge is -2.47. The Kier molecular flexibility index (Phi) is 7.46. The largest absolute Gasteiger partial charge is 0.494 e. The number of ether oxygens (including phenoxy) is 1. The van der Waals surface area contributed by atoms with Crippen LogP contribution in [0.25, 0.3) is 10.1 Å². The van der Waals surface area contributed by atoms with E-state index in [1.807, 2.05) is 11.5 Å². The maximum Gasteiger partial charge on any atom is 0.411 e. The Balaban J connectivity index is 1.10. The number of amides is 1. The Morgan fingerprint density at radius 1 is 1.05 bits per heavy atom. The number of anilines is 1. The molecule has 3 N–H and O–H groups in total. The van der Waals surface area contributed by atoms with Gasteiger partial charge < -0.3 is 25.2 Å². The van der Waals surface area contributed by atoms with E-state index in [0.717, 1.165) is 86.3 Å². The van der Waals surface area contributed by atoms with Crippen molar-refractivity contribution < 1.29 is 24.2 Å². The van der Waals surface area contributed by atoms with E-state index in [1.165, 1.54) is 22.9 Å². The fourth-order valence-corrected chi connectivity index (χ4v) is 9.37. The van der Waals surface area contributed by atoms with Crippen molar-refractivity contribution in [2.24, 2.45) is 11.8 Å². The van der Waals surface area contributed by atoms with Crippen molar-refractivity contribution in [1.82, 2.24) is 14.3 Å². The molecule has 2 saturated carbocycles. The van der Waals surface area contributed by atoms with Gasteiger partial charge >= 0.3 is 6.09 Å². The third-order valence-corrected chi connectivity index (χ3v) is 11.6. The van der Waals surface area contributed by atoms with Crippen LogP contribution in [0.15, 0.2) is 24.3 Å². The highest BCUT2D eigenvalue weighted by molar-refractivity contribution is 7.13. The number of fused-ring (bicyclic) bond motifs is 6. The summed E-state index contributed by atoms with van der Waals surface area (Å²) < 4.78 is 14.4. The molecule has 42 heavy (non-hydrogen) atoms. The summed E-state index contributed by atoms with van der Waals surface area (Å²) >= 11 is 1.55. The molecular formula is C32H44N5O4S+. The molecule has 226 valence electrons. The summed E-state index contributed by atoms with van der Waals surface area (Å²) in [5, 5.41) is 26.5. The van der Waals surface area contributed by atoms with Crippen molar-refractivity contribution >= 4 is 33.5 Å². The molecule has 0 spiro atoms. The highest BCUT2D eigenvalue weighted by atomic mass is 32.1. The maximum atomic E-state index is 12.4. The van der Waals surface area contributed by atoms with Gasteiger partial charge in [-0.1, -0.05) is 25.0 Å². The second kappa shape index (κ2) is 11.3. The van der Waals surface area contributed by atoms with Crippen molar-refractivity contribution in [1.29, 1.82) is 0 Å². The van der Waals surface area contributed by atoms with Crippen molar-refractivity contribution in [3.63, 3.8) is 0 Å². The number of hydrogen-bond acceptors (Lipinski definition) is 7. The summed E-state index contributed by atoms with van der Waals surface area (Å²) in [6.07, 6.45) is 7.56. The molecule has 3 aliphatic carbocycles. The molecular weight excluding hydrogens is 550 g/mol. The van der Waals surface area contributed by atoms with Gasteiger partial charge in [-0.15, -0.1) is 0 Å². The highest BCUT2D eigenvalue weighted by Gasteiger charge is 2.45. The van der Waals surface area contributed by atoms with E-state index in [2.05, 4.69) is 34.5 Å². The van der Waals surface area contributed by atoms with Gasteiger partial charge in [-0.3, -0.25) is 9.05 Å². The van der Waals surface area contributed by atoms with E-state index >= 15 is 0 Å². The fourth-order valence-electron chi connectivity index (χ4n) is 8.57. The monoisotopic (exact) mass is 594 g/mol. The van der Waals surface area contributed by atoms with E-state index in [4.69, 9.17) is 9.11 Å². The molecule has 7 rings (SSSR count). The zero-order valence-electron chi connectivity index (χ0n) is 24.6. The Bertz CT molecular complexity index is 1410. The number of rotatable bonds is 8. The van der Waals surface area contributed by atoms with Crippen molar-refractivity contribution in [3.8, 4) is 11.8 Å². The van der Waals surface area contributed by atoms with Crippen molar-refractivity contribution in [2.75, 3.05) is 50.9 Å². The minimum atomic E-state index is -0.352. The average molecular weight is 595 g/mol. The number of quaternary nitrogens is 1. The fraction of sp³-hybridized carbons (Fsp3) is 0.625. The third-order valence-electron chi connectivity index (χ3n) is 10.8. The van der Waals surface area contributed by atoms with Crippen LogP contribution in [-0.2, 0) is 11.3 Å². The molecule has 4 atom stereocenters. The normalized spacial score (nSPS) is 26.5.